The summed E-state index contributed by atoms with van der Waals surface area (Å²) in [5.41, 5.74) is 1.00. The van der Waals surface area contributed by atoms with Crippen molar-refractivity contribution in [1.29, 1.82) is 0 Å². The fourth-order valence-electron chi connectivity index (χ4n) is 3.07. The van der Waals surface area contributed by atoms with Gasteiger partial charge in [0.2, 0.25) is 0 Å². The van der Waals surface area contributed by atoms with E-state index in [1.54, 1.807) is 42.5 Å². The number of anilines is 1. The molecular formula is C23H24N2O5S. The average Bonchev–Trinajstić information content (AvgIpc) is 2.73. The van der Waals surface area contributed by atoms with Crippen molar-refractivity contribution in [3.05, 3.63) is 53.6 Å². The number of carbonyl (C=O) groups is 2. The molecule has 2 amide bonds. The highest BCUT2D eigenvalue weighted by atomic mass is 32.1. The van der Waals surface area contributed by atoms with Crippen molar-refractivity contribution in [3.8, 4) is 17.2 Å². The molecule has 1 aliphatic heterocycles. The smallest absolute Gasteiger partial charge is 0.270 e. The van der Waals surface area contributed by atoms with Crippen molar-refractivity contribution >= 4 is 40.9 Å². The van der Waals surface area contributed by atoms with Gasteiger partial charge in [0, 0.05) is 5.56 Å². The highest BCUT2D eigenvalue weighted by Gasteiger charge is 2.34. The molecule has 8 heteroatoms. The summed E-state index contributed by atoms with van der Waals surface area (Å²) in [4.78, 5) is 27.2. The zero-order chi connectivity index (χ0) is 22.5. The second kappa shape index (κ2) is 9.61. The Morgan fingerprint density at radius 1 is 1.13 bits per heavy atom. The van der Waals surface area contributed by atoms with Crippen LogP contribution in [0, 0.1) is 0 Å². The molecule has 1 N–H and O–H groups in total. The number of amides is 2. The van der Waals surface area contributed by atoms with Crippen molar-refractivity contribution in [2.45, 2.75) is 26.9 Å². The third-order valence-corrected chi connectivity index (χ3v) is 4.67. The summed E-state index contributed by atoms with van der Waals surface area (Å²) in [5, 5.41) is 2.60. The van der Waals surface area contributed by atoms with E-state index in [0.29, 0.717) is 35.1 Å². The second-order valence-corrected chi connectivity index (χ2v) is 7.32. The van der Waals surface area contributed by atoms with Gasteiger partial charge in [-0.3, -0.25) is 19.8 Å². The number of methoxy groups -OCH3 is 1. The number of ether oxygens (including phenoxy) is 3. The fraction of sp³-hybridized carbons (Fsp3) is 0.261. The van der Waals surface area contributed by atoms with E-state index in [1.165, 1.54) is 18.1 Å². The number of nitrogens with one attached hydrogen (secondary N) is 1. The Morgan fingerprint density at radius 3 is 2.45 bits per heavy atom. The largest absolute Gasteiger partial charge is 0.494 e. The van der Waals surface area contributed by atoms with E-state index in [0.717, 1.165) is 0 Å². The summed E-state index contributed by atoms with van der Waals surface area (Å²) < 4.78 is 16.7. The van der Waals surface area contributed by atoms with Gasteiger partial charge in [-0.2, -0.15) is 0 Å². The maximum atomic E-state index is 13.3. The molecule has 1 aliphatic rings. The molecule has 0 spiro atoms. The Hall–Kier alpha value is -3.39. The van der Waals surface area contributed by atoms with Crippen LogP contribution in [0.4, 0.5) is 5.69 Å². The summed E-state index contributed by atoms with van der Waals surface area (Å²) in [7, 11) is 1.53. The van der Waals surface area contributed by atoms with Crippen molar-refractivity contribution in [2.24, 2.45) is 0 Å². The number of carbonyl (C=O) groups excluding carboxylic acids is 2. The van der Waals surface area contributed by atoms with Gasteiger partial charge in [0.15, 0.2) is 16.6 Å². The number of thiocarbonyl (C=S) groups is 1. The van der Waals surface area contributed by atoms with Crippen molar-refractivity contribution < 1.29 is 23.8 Å². The first kappa shape index (κ1) is 22.3. The van der Waals surface area contributed by atoms with Crippen LogP contribution in [0.5, 0.6) is 17.2 Å². The van der Waals surface area contributed by atoms with Gasteiger partial charge >= 0.3 is 0 Å². The molecule has 1 heterocycles. The molecule has 3 rings (SSSR count). The first-order valence-electron chi connectivity index (χ1n) is 9.83. The average molecular weight is 441 g/mol. The molecule has 0 atom stereocenters. The molecule has 0 aliphatic carbocycles. The first-order valence-corrected chi connectivity index (χ1v) is 10.2. The third kappa shape index (κ3) is 4.86. The first-order chi connectivity index (χ1) is 14.8. The van der Waals surface area contributed by atoms with Gasteiger partial charge in [-0.25, -0.2) is 0 Å². The van der Waals surface area contributed by atoms with Crippen LogP contribution in [-0.2, 0) is 9.59 Å². The van der Waals surface area contributed by atoms with Gasteiger partial charge in [-0.15, -0.1) is 0 Å². The monoisotopic (exact) mass is 440 g/mol. The lowest BCUT2D eigenvalue weighted by atomic mass is 10.1. The lowest BCUT2D eigenvalue weighted by Gasteiger charge is -2.29. The van der Waals surface area contributed by atoms with E-state index in [9.17, 15) is 9.59 Å². The molecule has 2 aromatic rings. The molecule has 1 fully saturated rings. The summed E-state index contributed by atoms with van der Waals surface area (Å²) in [6.45, 7) is 6.19. The number of benzene rings is 2. The predicted octanol–water partition coefficient (Wildman–Crippen LogP) is 3.71. The minimum Gasteiger partial charge on any atom is -0.494 e. The van der Waals surface area contributed by atoms with Gasteiger partial charge in [-0.1, -0.05) is 12.1 Å². The Balaban J connectivity index is 2.01. The molecular weight excluding hydrogens is 416 g/mol. The van der Waals surface area contributed by atoms with Crippen LogP contribution < -0.4 is 24.4 Å². The minimum atomic E-state index is -0.574. The van der Waals surface area contributed by atoms with E-state index in [-0.39, 0.29) is 16.8 Å². The second-order valence-electron chi connectivity index (χ2n) is 6.93. The van der Waals surface area contributed by atoms with E-state index in [1.807, 2.05) is 20.8 Å². The highest BCUT2D eigenvalue weighted by Crippen LogP contribution is 2.34. The van der Waals surface area contributed by atoms with Crippen LogP contribution >= 0.6 is 12.2 Å². The van der Waals surface area contributed by atoms with Crippen molar-refractivity contribution in [3.63, 3.8) is 0 Å². The Kier molecular flexibility index (Phi) is 6.91. The van der Waals surface area contributed by atoms with Crippen molar-refractivity contribution in [2.75, 3.05) is 18.6 Å². The Labute approximate surface area is 186 Å². The molecule has 0 saturated carbocycles. The molecule has 0 aromatic heterocycles. The molecule has 0 bridgehead atoms. The quantitative estimate of drug-likeness (QED) is 0.402. The maximum Gasteiger partial charge on any atom is 0.270 e. The van der Waals surface area contributed by atoms with Gasteiger partial charge < -0.3 is 14.2 Å². The number of rotatable bonds is 7. The molecule has 162 valence electrons. The number of hydrogen-bond acceptors (Lipinski definition) is 6. The predicted molar refractivity (Wildman–Crippen MR) is 123 cm³/mol. The van der Waals surface area contributed by atoms with Gasteiger partial charge in [0.05, 0.1) is 25.5 Å². The summed E-state index contributed by atoms with van der Waals surface area (Å²) >= 11 is 5.26. The van der Waals surface area contributed by atoms with Crippen LogP contribution in [-0.4, -0.2) is 36.7 Å². The number of nitrogens with zero attached hydrogens (tertiary/aromatic N) is 1. The number of hydrogen-bond donors (Lipinski definition) is 1. The Morgan fingerprint density at radius 2 is 1.84 bits per heavy atom. The Bertz CT molecular complexity index is 1030. The van der Waals surface area contributed by atoms with Crippen LogP contribution in [0.25, 0.3) is 6.08 Å². The van der Waals surface area contributed by atoms with E-state index < -0.39 is 11.8 Å². The molecule has 1 saturated heterocycles. The van der Waals surface area contributed by atoms with Gasteiger partial charge in [0.25, 0.3) is 11.8 Å². The molecule has 0 unspecified atom stereocenters. The van der Waals surface area contributed by atoms with Gasteiger partial charge in [-0.05, 0) is 69.4 Å². The zero-order valence-electron chi connectivity index (χ0n) is 17.8. The summed E-state index contributed by atoms with van der Waals surface area (Å²) in [6, 6.07) is 12.2. The maximum absolute atomic E-state index is 13.3. The number of para-hydroxylation sites is 1. The summed E-state index contributed by atoms with van der Waals surface area (Å²) in [5.74, 6) is 0.527. The van der Waals surface area contributed by atoms with Crippen molar-refractivity contribution in [1.82, 2.24) is 5.32 Å². The van der Waals surface area contributed by atoms with Crippen LogP contribution in [0.2, 0.25) is 0 Å². The fourth-order valence-corrected chi connectivity index (χ4v) is 3.36. The standard InChI is InChI=1S/C23H24N2O5S/c1-5-29-17-11-9-16(10-12-17)25-22(27)18(21(26)24-23(25)31)13-15-7-6-8-19(28-4)20(15)30-14(2)3/h6-14H,5H2,1-4H3,(H,24,26,31)/b18-13-. The highest BCUT2D eigenvalue weighted by molar-refractivity contribution is 7.80. The molecule has 31 heavy (non-hydrogen) atoms. The normalized spacial score (nSPS) is 15.3. The lowest BCUT2D eigenvalue weighted by molar-refractivity contribution is -0.122. The minimum absolute atomic E-state index is 0.0145. The van der Waals surface area contributed by atoms with Crippen LogP contribution in [0.15, 0.2) is 48.0 Å². The van der Waals surface area contributed by atoms with Gasteiger partial charge in [0.1, 0.15) is 11.3 Å². The third-order valence-electron chi connectivity index (χ3n) is 4.39. The zero-order valence-corrected chi connectivity index (χ0v) is 18.6. The lowest BCUT2D eigenvalue weighted by Crippen LogP contribution is -2.54. The topological polar surface area (TPSA) is 77.1 Å². The molecule has 7 nitrogen and oxygen atoms in total. The van der Waals surface area contributed by atoms with Crippen LogP contribution in [0.1, 0.15) is 26.3 Å². The molecule has 2 aromatic carbocycles. The van der Waals surface area contributed by atoms with E-state index in [2.05, 4.69) is 5.32 Å². The van der Waals surface area contributed by atoms with E-state index in [4.69, 9.17) is 26.4 Å². The SMILES string of the molecule is CCOc1ccc(N2C(=O)/C(=C\c3cccc(OC)c3OC(C)C)C(=O)NC2=S)cc1. The summed E-state index contributed by atoms with van der Waals surface area (Å²) in [6.07, 6.45) is 1.36. The van der Waals surface area contributed by atoms with Crippen LogP contribution in [0.3, 0.4) is 0 Å². The molecule has 0 radical (unpaired) electrons. The van der Waals surface area contributed by atoms with E-state index >= 15 is 0 Å².